The van der Waals surface area contributed by atoms with Crippen LogP contribution >= 0.6 is 11.3 Å². The third-order valence-electron chi connectivity index (χ3n) is 2.88. The van der Waals surface area contributed by atoms with Crippen molar-refractivity contribution in [1.29, 1.82) is 0 Å². The minimum atomic E-state index is -0.356. The summed E-state index contributed by atoms with van der Waals surface area (Å²) in [7, 11) is 1.65. The quantitative estimate of drug-likeness (QED) is 0.912. The van der Waals surface area contributed by atoms with Crippen LogP contribution in [0.4, 0.5) is 5.13 Å². The molecule has 0 bridgehead atoms. The average Bonchev–Trinajstić information content (AvgIpc) is 2.95. The topological polar surface area (TPSA) is 90.1 Å². The Bertz CT molecular complexity index is 648. The Morgan fingerprint density at radius 3 is 2.76 bits per heavy atom. The van der Waals surface area contributed by atoms with Crippen molar-refractivity contribution in [1.82, 2.24) is 15.1 Å². The molecule has 0 aliphatic carbocycles. The molecule has 21 heavy (non-hydrogen) atoms. The number of carbonyl (C=O) groups is 1. The van der Waals surface area contributed by atoms with Crippen LogP contribution in [0.3, 0.4) is 0 Å². The number of hydrogen-bond acceptors (Lipinski definition) is 7. The van der Waals surface area contributed by atoms with Gasteiger partial charge in [-0.2, -0.15) is 4.98 Å². The van der Waals surface area contributed by atoms with Crippen LogP contribution in [0.2, 0.25) is 0 Å². The second-order valence-corrected chi connectivity index (χ2v) is 6.27. The second-order valence-electron chi connectivity index (χ2n) is 5.27. The van der Waals surface area contributed by atoms with Crippen molar-refractivity contribution in [3.8, 4) is 10.8 Å². The predicted molar refractivity (Wildman–Crippen MR) is 79.2 cm³/mol. The zero-order chi connectivity index (χ0) is 15.6. The van der Waals surface area contributed by atoms with Crippen molar-refractivity contribution in [2.45, 2.75) is 39.7 Å². The summed E-state index contributed by atoms with van der Waals surface area (Å²) in [5.41, 5.74) is 0.385. The molecular weight excluding hydrogens is 292 g/mol. The molecule has 2 heterocycles. The van der Waals surface area contributed by atoms with Crippen LogP contribution in [-0.4, -0.2) is 33.7 Å². The maximum absolute atomic E-state index is 11.1. The molecule has 0 radical (unpaired) electrons. The first-order valence-electron chi connectivity index (χ1n) is 6.44. The summed E-state index contributed by atoms with van der Waals surface area (Å²) in [6.07, 6.45) is 0.545. The molecule has 0 unspecified atom stereocenters. The summed E-state index contributed by atoms with van der Waals surface area (Å²) in [5.74, 6) is 0.817. The highest BCUT2D eigenvalue weighted by Gasteiger charge is 2.22. The highest BCUT2D eigenvalue weighted by atomic mass is 32.1. The van der Waals surface area contributed by atoms with E-state index in [4.69, 9.17) is 9.26 Å². The molecule has 0 aliphatic heterocycles. The smallest absolute Gasteiger partial charge is 0.269 e. The maximum Gasteiger partial charge on any atom is 0.269 e. The zero-order valence-corrected chi connectivity index (χ0v) is 13.5. The Labute approximate surface area is 126 Å². The van der Waals surface area contributed by atoms with Gasteiger partial charge in [0.15, 0.2) is 11.0 Å². The van der Waals surface area contributed by atoms with E-state index < -0.39 is 0 Å². The molecule has 0 aliphatic rings. The Morgan fingerprint density at radius 1 is 1.43 bits per heavy atom. The van der Waals surface area contributed by atoms with Gasteiger partial charge in [0, 0.05) is 20.5 Å². The fourth-order valence-electron chi connectivity index (χ4n) is 1.67. The molecule has 0 saturated heterocycles. The summed E-state index contributed by atoms with van der Waals surface area (Å²) in [4.78, 5) is 20.4. The van der Waals surface area contributed by atoms with Gasteiger partial charge in [0.25, 0.3) is 5.89 Å². The van der Waals surface area contributed by atoms with Gasteiger partial charge in [-0.05, 0) is 20.8 Å². The largest absolute Gasteiger partial charge is 0.378 e. The number of anilines is 1. The van der Waals surface area contributed by atoms with Gasteiger partial charge in [0.2, 0.25) is 5.91 Å². The van der Waals surface area contributed by atoms with Crippen LogP contribution in [-0.2, 0) is 16.0 Å². The van der Waals surface area contributed by atoms with Gasteiger partial charge in [-0.15, -0.1) is 0 Å². The van der Waals surface area contributed by atoms with Crippen LogP contribution in [0.15, 0.2) is 4.52 Å². The zero-order valence-electron chi connectivity index (χ0n) is 12.7. The maximum atomic E-state index is 11.1. The predicted octanol–water partition coefficient (Wildman–Crippen LogP) is 2.43. The minimum absolute atomic E-state index is 0.164. The average molecular weight is 310 g/mol. The number of hydrogen-bond donors (Lipinski definition) is 1. The number of nitrogens with one attached hydrogen (secondary N) is 1. The lowest BCUT2D eigenvalue weighted by atomic mass is 10.1. The Hall–Kier alpha value is -1.80. The van der Waals surface area contributed by atoms with Crippen LogP contribution in [0.1, 0.15) is 32.3 Å². The molecule has 0 aromatic carbocycles. The summed E-state index contributed by atoms with van der Waals surface area (Å²) in [5, 5.41) is 7.13. The standard InChI is InChI=1S/C13H18N4O3S/c1-7-10(21-12(14-7)15-8(2)18)11-16-9(17-20-11)6-13(3,4)19-5/h6H2,1-5H3,(H,14,15,18). The van der Waals surface area contributed by atoms with Crippen molar-refractivity contribution in [2.24, 2.45) is 0 Å². The molecule has 7 nitrogen and oxygen atoms in total. The van der Waals surface area contributed by atoms with Gasteiger partial charge in [-0.3, -0.25) is 4.79 Å². The van der Waals surface area contributed by atoms with Crippen molar-refractivity contribution in [2.75, 3.05) is 12.4 Å². The molecule has 2 aromatic rings. The molecular formula is C13H18N4O3S. The van der Waals surface area contributed by atoms with E-state index >= 15 is 0 Å². The lowest BCUT2D eigenvalue weighted by Crippen LogP contribution is -2.26. The highest BCUT2D eigenvalue weighted by molar-refractivity contribution is 7.19. The van der Waals surface area contributed by atoms with E-state index in [0.29, 0.717) is 23.3 Å². The third-order valence-corrected chi connectivity index (χ3v) is 3.94. The molecule has 0 saturated carbocycles. The van der Waals surface area contributed by atoms with E-state index in [9.17, 15) is 4.79 Å². The monoisotopic (exact) mass is 310 g/mol. The summed E-state index contributed by atoms with van der Waals surface area (Å²) >= 11 is 1.31. The third kappa shape index (κ3) is 3.85. The van der Waals surface area contributed by atoms with Crippen LogP contribution in [0.25, 0.3) is 10.8 Å². The highest BCUT2D eigenvalue weighted by Crippen LogP contribution is 2.31. The lowest BCUT2D eigenvalue weighted by Gasteiger charge is -2.20. The first kappa shape index (κ1) is 15.6. The molecule has 0 spiro atoms. The van der Waals surface area contributed by atoms with E-state index in [1.807, 2.05) is 20.8 Å². The number of carbonyl (C=O) groups excluding carboxylic acids is 1. The number of methoxy groups -OCH3 is 1. The number of thiazole rings is 1. The van der Waals surface area contributed by atoms with Crippen molar-refractivity contribution < 1.29 is 14.1 Å². The molecule has 2 aromatic heterocycles. The van der Waals surface area contributed by atoms with Crippen LogP contribution < -0.4 is 5.32 Å². The van der Waals surface area contributed by atoms with Crippen molar-refractivity contribution in [3.63, 3.8) is 0 Å². The van der Waals surface area contributed by atoms with E-state index in [0.717, 1.165) is 10.6 Å². The number of amides is 1. The molecule has 2 rings (SSSR count). The molecule has 8 heteroatoms. The van der Waals surface area contributed by atoms with E-state index in [1.54, 1.807) is 7.11 Å². The van der Waals surface area contributed by atoms with E-state index in [2.05, 4.69) is 20.4 Å². The molecule has 1 N–H and O–H groups in total. The minimum Gasteiger partial charge on any atom is -0.378 e. The van der Waals surface area contributed by atoms with Gasteiger partial charge >= 0.3 is 0 Å². The number of rotatable bonds is 5. The van der Waals surface area contributed by atoms with Gasteiger partial charge in [-0.25, -0.2) is 4.98 Å². The Morgan fingerprint density at radius 2 is 2.14 bits per heavy atom. The lowest BCUT2D eigenvalue weighted by molar-refractivity contribution is -0.114. The first-order chi connectivity index (χ1) is 9.80. The van der Waals surface area contributed by atoms with Crippen molar-refractivity contribution in [3.05, 3.63) is 11.5 Å². The number of nitrogens with zero attached hydrogens (tertiary/aromatic N) is 3. The van der Waals surface area contributed by atoms with Gasteiger partial charge in [-0.1, -0.05) is 16.5 Å². The Kier molecular flexibility index (Phi) is 4.38. The van der Waals surface area contributed by atoms with Gasteiger partial charge in [0.05, 0.1) is 11.3 Å². The fourth-order valence-corrected chi connectivity index (χ4v) is 2.60. The SMILES string of the molecule is COC(C)(C)Cc1noc(-c2sc(NC(C)=O)nc2C)n1. The van der Waals surface area contributed by atoms with Gasteiger partial charge in [0.1, 0.15) is 4.88 Å². The first-order valence-corrected chi connectivity index (χ1v) is 7.25. The molecule has 0 fully saturated rings. The van der Waals surface area contributed by atoms with E-state index in [1.165, 1.54) is 18.3 Å². The number of aromatic nitrogens is 3. The Balaban J connectivity index is 2.21. The normalized spacial score (nSPS) is 11.7. The fraction of sp³-hybridized carbons (Fsp3) is 0.538. The second kappa shape index (κ2) is 5.90. The number of ether oxygens (including phenoxy) is 1. The summed E-state index contributed by atoms with van der Waals surface area (Å²) in [6, 6.07) is 0. The molecule has 114 valence electrons. The van der Waals surface area contributed by atoms with Crippen LogP contribution in [0.5, 0.6) is 0 Å². The molecule has 0 atom stereocenters. The van der Waals surface area contributed by atoms with Crippen LogP contribution in [0, 0.1) is 6.92 Å². The van der Waals surface area contributed by atoms with Gasteiger partial charge < -0.3 is 14.6 Å². The van der Waals surface area contributed by atoms with Crippen molar-refractivity contribution >= 4 is 22.4 Å². The summed E-state index contributed by atoms with van der Waals surface area (Å²) in [6.45, 7) is 7.18. The number of aryl methyl sites for hydroxylation is 1. The summed E-state index contributed by atoms with van der Waals surface area (Å²) < 4.78 is 10.6. The van der Waals surface area contributed by atoms with E-state index in [-0.39, 0.29) is 11.5 Å². The molecule has 1 amide bonds.